The van der Waals surface area contributed by atoms with Crippen molar-refractivity contribution in [3.8, 4) is 0 Å². The van der Waals surface area contributed by atoms with Gasteiger partial charge in [-0.3, -0.25) is 0 Å². The monoisotopic (exact) mass is 247 g/mol. The van der Waals surface area contributed by atoms with Crippen molar-refractivity contribution >= 4 is 11.6 Å². The first-order valence-electron chi connectivity index (χ1n) is 5.84. The van der Waals surface area contributed by atoms with Gasteiger partial charge in [0.2, 0.25) is 0 Å². The third-order valence-corrected chi connectivity index (χ3v) is 2.60. The molecule has 2 aromatic rings. The van der Waals surface area contributed by atoms with Crippen LogP contribution in [0.3, 0.4) is 0 Å². The molecule has 0 bridgehead atoms. The smallest absolute Gasteiger partial charge is 0.156 e. The van der Waals surface area contributed by atoms with Gasteiger partial charge in [-0.25, -0.2) is 9.97 Å². The van der Waals surface area contributed by atoms with E-state index in [1.165, 1.54) is 6.33 Å². The highest BCUT2D eigenvalue weighted by molar-refractivity contribution is 5.56. The number of nitrogens with zero attached hydrogens (tertiary/aromatic N) is 3. The number of anilines is 2. The minimum atomic E-state index is 0.255. The molecular weight excluding hydrogens is 230 g/mol. The maximum Gasteiger partial charge on any atom is 0.156 e. The van der Waals surface area contributed by atoms with E-state index >= 15 is 0 Å². The molecule has 0 aliphatic heterocycles. The molecule has 0 spiro atoms. The van der Waals surface area contributed by atoms with E-state index in [1.807, 2.05) is 13.0 Å². The van der Waals surface area contributed by atoms with E-state index in [0.29, 0.717) is 12.4 Å². The molecule has 6 heteroatoms. The summed E-state index contributed by atoms with van der Waals surface area (Å²) in [6.45, 7) is 6.52. The molecule has 0 saturated heterocycles. The summed E-state index contributed by atoms with van der Waals surface area (Å²) in [4.78, 5) is 8.23. The standard InChI is InChI=1S/C12H17N5O/c1-7(2)10-11(13)15-6-16-12(10)14-5-9-4-8(3)17-18-9/h4,6-7H,5H2,1-3H3,(H3,13,14,15,16). The average Bonchev–Trinajstić information content (AvgIpc) is 2.72. The number of nitrogens with one attached hydrogen (secondary N) is 1. The Morgan fingerprint density at radius 3 is 2.78 bits per heavy atom. The lowest BCUT2D eigenvalue weighted by atomic mass is 10.0. The summed E-state index contributed by atoms with van der Waals surface area (Å²) in [6.07, 6.45) is 1.45. The van der Waals surface area contributed by atoms with E-state index in [2.05, 4.69) is 34.3 Å². The molecule has 0 radical (unpaired) electrons. The molecular formula is C12H17N5O. The highest BCUT2D eigenvalue weighted by Gasteiger charge is 2.13. The molecule has 0 fully saturated rings. The number of nitrogens with two attached hydrogens (primary N) is 1. The van der Waals surface area contributed by atoms with Crippen molar-refractivity contribution in [1.82, 2.24) is 15.1 Å². The summed E-state index contributed by atoms with van der Waals surface area (Å²) in [6, 6.07) is 1.88. The fourth-order valence-electron chi connectivity index (χ4n) is 1.79. The Morgan fingerprint density at radius 2 is 2.17 bits per heavy atom. The maximum atomic E-state index is 5.87. The van der Waals surface area contributed by atoms with Crippen LogP contribution in [0.25, 0.3) is 0 Å². The zero-order valence-corrected chi connectivity index (χ0v) is 10.8. The molecule has 2 aromatic heterocycles. The molecule has 0 aliphatic rings. The number of nitrogen functional groups attached to an aromatic ring is 1. The molecule has 0 aliphatic carbocycles. The number of rotatable bonds is 4. The van der Waals surface area contributed by atoms with E-state index < -0.39 is 0 Å². The molecule has 0 amide bonds. The highest BCUT2D eigenvalue weighted by atomic mass is 16.5. The number of aryl methyl sites for hydroxylation is 1. The number of hydrogen-bond acceptors (Lipinski definition) is 6. The Labute approximate surface area is 106 Å². The van der Waals surface area contributed by atoms with E-state index in [9.17, 15) is 0 Å². The molecule has 18 heavy (non-hydrogen) atoms. The van der Waals surface area contributed by atoms with Gasteiger partial charge in [-0.15, -0.1) is 0 Å². The summed E-state index contributed by atoms with van der Waals surface area (Å²) in [5.41, 5.74) is 7.65. The predicted octanol–water partition coefficient (Wildman–Crippen LogP) is 2.09. The fourth-order valence-corrected chi connectivity index (χ4v) is 1.79. The fraction of sp³-hybridized carbons (Fsp3) is 0.417. The second-order valence-corrected chi connectivity index (χ2v) is 4.46. The third kappa shape index (κ3) is 2.58. The van der Waals surface area contributed by atoms with Gasteiger partial charge in [-0.1, -0.05) is 19.0 Å². The van der Waals surface area contributed by atoms with Crippen LogP contribution in [0.5, 0.6) is 0 Å². The molecule has 3 N–H and O–H groups in total. The van der Waals surface area contributed by atoms with Gasteiger partial charge in [-0.2, -0.15) is 0 Å². The van der Waals surface area contributed by atoms with Crippen LogP contribution in [-0.4, -0.2) is 15.1 Å². The molecule has 2 heterocycles. The molecule has 96 valence electrons. The predicted molar refractivity (Wildman–Crippen MR) is 69.1 cm³/mol. The summed E-state index contributed by atoms with van der Waals surface area (Å²) < 4.78 is 5.13. The molecule has 0 atom stereocenters. The Morgan fingerprint density at radius 1 is 1.39 bits per heavy atom. The van der Waals surface area contributed by atoms with Crippen LogP contribution >= 0.6 is 0 Å². The third-order valence-electron chi connectivity index (χ3n) is 2.60. The second-order valence-electron chi connectivity index (χ2n) is 4.46. The number of hydrogen-bond donors (Lipinski definition) is 2. The van der Waals surface area contributed by atoms with Crippen molar-refractivity contribution in [2.45, 2.75) is 33.2 Å². The van der Waals surface area contributed by atoms with Crippen LogP contribution in [-0.2, 0) is 6.54 Å². The lowest BCUT2D eigenvalue weighted by molar-refractivity contribution is 0.384. The normalized spacial score (nSPS) is 10.9. The van der Waals surface area contributed by atoms with Crippen LogP contribution in [0, 0.1) is 6.92 Å². The van der Waals surface area contributed by atoms with Gasteiger partial charge in [0.15, 0.2) is 5.76 Å². The lowest BCUT2D eigenvalue weighted by Crippen LogP contribution is -2.09. The molecule has 2 rings (SSSR count). The van der Waals surface area contributed by atoms with E-state index in [0.717, 1.165) is 22.8 Å². The van der Waals surface area contributed by atoms with E-state index in [4.69, 9.17) is 10.3 Å². The summed E-state index contributed by atoms with van der Waals surface area (Å²) in [5, 5.41) is 7.03. The first-order valence-corrected chi connectivity index (χ1v) is 5.84. The summed E-state index contributed by atoms with van der Waals surface area (Å²) in [7, 11) is 0. The van der Waals surface area contributed by atoms with Crippen molar-refractivity contribution in [2.75, 3.05) is 11.1 Å². The van der Waals surface area contributed by atoms with Crippen LogP contribution < -0.4 is 11.1 Å². The van der Waals surface area contributed by atoms with Gasteiger partial charge in [0.05, 0.1) is 12.2 Å². The quantitative estimate of drug-likeness (QED) is 0.859. The Kier molecular flexibility index (Phi) is 3.45. The van der Waals surface area contributed by atoms with Crippen LogP contribution in [0.4, 0.5) is 11.6 Å². The Bertz CT molecular complexity index is 535. The van der Waals surface area contributed by atoms with Crippen molar-refractivity contribution in [3.63, 3.8) is 0 Å². The van der Waals surface area contributed by atoms with Gasteiger partial charge in [0.25, 0.3) is 0 Å². The van der Waals surface area contributed by atoms with E-state index in [-0.39, 0.29) is 5.92 Å². The topological polar surface area (TPSA) is 89.9 Å². The van der Waals surface area contributed by atoms with Gasteiger partial charge in [0.1, 0.15) is 18.0 Å². The molecule has 0 unspecified atom stereocenters. The molecule has 6 nitrogen and oxygen atoms in total. The Balaban J connectivity index is 2.16. The van der Waals surface area contributed by atoms with Crippen molar-refractivity contribution < 1.29 is 4.52 Å². The van der Waals surface area contributed by atoms with Gasteiger partial charge < -0.3 is 15.6 Å². The van der Waals surface area contributed by atoms with Crippen LogP contribution in [0.1, 0.15) is 36.8 Å². The largest absolute Gasteiger partial charge is 0.383 e. The first kappa shape index (κ1) is 12.3. The first-order chi connectivity index (χ1) is 8.58. The zero-order valence-electron chi connectivity index (χ0n) is 10.8. The van der Waals surface area contributed by atoms with E-state index in [1.54, 1.807) is 0 Å². The SMILES string of the molecule is Cc1cc(CNc2ncnc(N)c2C(C)C)on1. The number of aromatic nitrogens is 3. The van der Waals surface area contributed by atoms with Crippen molar-refractivity contribution in [1.29, 1.82) is 0 Å². The molecule has 0 saturated carbocycles. The van der Waals surface area contributed by atoms with Gasteiger partial charge in [-0.05, 0) is 12.8 Å². The van der Waals surface area contributed by atoms with Crippen LogP contribution in [0.15, 0.2) is 16.9 Å². The minimum Gasteiger partial charge on any atom is -0.383 e. The van der Waals surface area contributed by atoms with Crippen molar-refractivity contribution in [3.05, 3.63) is 29.4 Å². The lowest BCUT2D eigenvalue weighted by Gasteiger charge is -2.13. The van der Waals surface area contributed by atoms with Crippen LogP contribution in [0.2, 0.25) is 0 Å². The highest BCUT2D eigenvalue weighted by Crippen LogP contribution is 2.26. The van der Waals surface area contributed by atoms with Gasteiger partial charge >= 0.3 is 0 Å². The second kappa shape index (κ2) is 5.03. The summed E-state index contributed by atoms with van der Waals surface area (Å²) >= 11 is 0. The maximum absolute atomic E-state index is 5.87. The van der Waals surface area contributed by atoms with Crippen molar-refractivity contribution in [2.24, 2.45) is 0 Å². The van der Waals surface area contributed by atoms with Gasteiger partial charge in [0, 0.05) is 11.6 Å². The average molecular weight is 247 g/mol. The zero-order chi connectivity index (χ0) is 13.1. The summed E-state index contributed by atoms with van der Waals surface area (Å²) in [5.74, 6) is 2.27. The minimum absolute atomic E-state index is 0.255. The Hall–Kier alpha value is -2.11. The molecule has 0 aromatic carbocycles.